The molecule has 1 aromatic heterocycles. The number of aromatic nitrogens is 2. The number of hydrogen-bond donors (Lipinski definition) is 2. The van der Waals surface area contributed by atoms with Crippen LogP contribution in [0.15, 0.2) is 12.4 Å². The molecule has 2 rings (SSSR count). The van der Waals surface area contributed by atoms with E-state index in [0.717, 1.165) is 43.9 Å². The van der Waals surface area contributed by atoms with E-state index in [9.17, 15) is 0 Å². The minimum absolute atomic E-state index is 0.0365. The molecule has 0 amide bonds. The highest BCUT2D eigenvalue weighted by molar-refractivity contribution is 5.46. The van der Waals surface area contributed by atoms with Gasteiger partial charge < -0.3 is 15.4 Å². The minimum Gasteiger partial charge on any atom is -0.375 e. The molecule has 0 aliphatic carbocycles. The molecule has 2 heterocycles. The standard InChI is InChI=1S/C14H24N4O/c1-4-14(5-2)9-11(6-7-19-14)18-13-8-12(15-3)16-10-17-13/h8,10-11H,4-7,9H2,1-3H3,(H2,15,16,17,18). The molecular weight excluding hydrogens is 240 g/mol. The van der Waals surface area contributed by atoms with Crippen molar-refractivity contribution in [3.05, 3.63) is 12.4 Å². The maximum atomic E-state index is 5.99. The number of nitrogens with one attached hydrogen (secondary N) is 2. The second-order valence-corrected chi connectivity index (χ2v) is 5.11. The van der Waals surface area contributed by atoms with Gasteiger partial charge in [-0.2, -0.15) is 0 Å². The van der Waals surface area contributed by atoms with Crippen molar-refractivity contribution < 1.29 is 4.74 Å². The molecule has 0 radical (unpaired) electrons. The monoisotopic (exact) mass is 264 g/mol. The quantitative estimate of drug-likeness (QED) is 0.856. The Labute approximate surface area is 115 Å². The lowest BCUT2D eigenvalue weighted by Gasteiger charge is -2.40. The van der Waals surface area contributed by atoms with Crippen molar-refractivity contribution in [1.29, 1.82) is 0 Å². The molecule has 2 N–H and O–H groups in total. The Kier molecular flexibility index (Phi) is 4.58. The van der Waals surface area contributed by atoms with Crippen molar-refractivity contribution in [3.8, 4) is 0 Å². The van der Waals surface area contributed by atoms with E-state index < -0.39 is 0 Å². The van der Waals surface area contributed by atoms with Gasteiger partial charge in [0.2, 0.25) is 0 Å². The van der Waals surface area contributed by atoms with Gasteiger partial charge in [0.15, 0.2) is 0 Å². The van der Waals surface area contributed by atoms with Crippen molar-refractivity contribution in [1.82, 2.24) is 9.97 Å². The molecule has 106 valence electrons. The number of rotatable bonds is 5. The molecule has 5 nitrogen and oxygen atoms in total. The predicted octanol–water partition coefficient (Wildman–Crippen LogP) is 2.67. The highest BCUT2D eigenvalue weighted by atomic mass is 16.5. The Bertz CT molecular complexity index is 406. The van der Waals surface area contributed by atoms with E-state index in [1.54, 1.807) is 6.33 Å². The third-order valence-corrected chi connectivity index (χ3v) is 4.06. The van der Waals surface area contributed by atoms with Gasteiger partial charge in [-0.05, 0) is 25.7 Å². The van der Waals surface area contributed by atoms with Crippen LogP contribution in [0, 0.1) is 0 Å². The molecule has 0 aromatic carbocycles. The summed E-state index contributed by atoms with van der Waals surface area (Å²) in [5, 5.41) is 6.54. The van der Waals surface area contributed by atoms with Gasteiger partial charge in [0, 0.05) is 25.8 Å². The van der Waals surface area contributed by atoms with Gasteiger partial charge in [-0.3, -0.25) is 0 Å². The lowest BCUT2D eigenvalue weighted by atomic mass is 9.86. The van der Waals surface area contributed by atoms with Crippen LogP contribution in [0.3, 0.4) is 0 Å². The molecule has 1 atom stereocenters. The zero-order valence-electron chi connectivity index (χ0n) is 12.1. The van der Waals surface area contributed by atoms with Crippen molar-refractivity contribution in [2.24, 2.45) is 0 Å². The molecule has 0 saturated carbocycles. The second-order valence-electron chi connectivity index (χ2n) is 5.11. The van der Waals surface area contributed by atoms with E-state index in [4.69, 9.17) is 4.74 Å². The Morgan fingerprint density at radius 3 is 2.74 bits per heavy atom. The van der Waals surface area contributed by atoms with Crippen LogP contribution in [0.25, 0.3) is 0 Å². The molecule has 5 heteroatoms. The zero-order valence-corrected chi connectivity index (χ0v) is 12.1. The molecule has 1 aliphatic heterocycles. The van der Waals surface area contributed by atoms with Gasteiger partial charge in [-0.15, -0.1) is 0 Å². The lowest BCUT2D eigenvalue weighted by Crippen LogP contribution is -2.43. The Hall–Kier alpha value is -1.36. The predicted molar refractivity (Wildman–Crippen MR) is 77.5 cm³/mol. The van der Waals surface area contributed by atoms with Crippen LogP contribution in [-0.4, -0.2) is 35.3 Å². The van der Waals surface area contributed by atoms with Crippen LogP contribution in [0.5, 0.6) is 0 Å². The van der Waals surface area contributed by atoms with E-state index in [1.165, 1.54) is 0 Å². The van der Waals surface area contributed by atoms with Crippen LogP contribution in [0.2, 0.25) is 0 Å². The largest absolute Gasteiger partial charge is 0.375 e. The van der Waals surface area contributed by atoms with Crippen molar-refractivity contribution in [3.63, 3.8) is 0 Å². The molecule has 1 saturated heterocycles. The molecule has 0 spiro atoms. The lowest BCUT2D eigenvalue weighted by molar-refractivity contribution is -0.0864. The van der Waals surface area contributed by atoms with Crippen molar-refractivity contribution in [2.75, 3.05) is 24.3 Å². The summed E-state index contributed by atoms with van der Waals surface area (Å²) in [4.78, 5) is 8.40. The molecule has 19 heavy (non-hydrogen) atoms. The molecule has 1 aliphatic rings. The van der Waals surface area contributed by atoms with Gasteiger partial charge >= 0.3 is 0 Å². The summed E-state index contributed by atoms with van der Waals surface area (Å²) in [6.07, 6.45) is 5.78. The number of hydrogen-bond acceptors (Lipinski definition) is 5. The fourth-order valence-corrected chi connectivity index (χ4v) is 2.68. The van der Waals surface area contributed by atoms with Crippen LogP contribution in [0.4, 0.5) is 11.6 Å². The average molecular weight is 264 g/mol. The summed E-state index contributed by atoms with van der Waals surface area (Å²) >= 11 is 0. The SMILES string of the molecule is CCC1(CC)CC(Nc2cc(NC)ncn2)CCO1. The highest BCUT2D eigenvalue weighted by Crippen LogP contribution is 2.32. The van der Waals surface area contributed by atoms with E-state index in [0.29, 0.717) is 6.04 Å². The molecule has 1 unspecified atom stereocenters. The first-order valence-corrected chi connectivity index (χ1v) is 7.11. The van der Waals surface area contributed by atoms with E-state index in [-0.39, 0.29) is 5.60 Å². The summed E-state index contributed by atoms with van der Waals surface area (Å²) in [6.45, 7) is 5.23. The van der Waals surface area contributed by atoms with E-state index >= 15 is 0 Å². The van der Waals surface area contributed by atoms with Gasteiger partial charge in [0.25, 0.3) is 0 Å². The van der Waals surface area contributed by atoms with E-state index in [2.05, 4.69) is 34.4 Å². The first-order chi connectivity index (χ1) is 9.21. The summed E-state index contributed by atoms with van der Waals surface area (Å²) in [5.41, 5.74) is 0.0365. The normalized spacial score (nSPS) is 21.9. The fraction of sp³-hybridized carbons (Fsp3) is 0.714. The van der Waals surface area contributed by atoms with Crippen molar-refractivity contribution >= 4 is 11.6 Å². The van der Waals surface area contributed by atoms with Gasteiger partial charge in [-0.25, -0.2) is 9.97 Å². The minimum atomic E-state index is 0.0365. The maximum Gasteiger partial charge on any atom is 0.131 e. The molecule has 1 aromatic rings. The summed E-state index contributed by atoms with van der Waals surface area (Å²) in [6, 6.07) is 2.36. The molecule has 1 fully saturated rings. The van der Waals surface area contributed by atoms with Crippen LogP contribution < -0.4 is 10.6 Å². The van der Waals surface area contributed by atoms with Crippen LogP contribution in [-0.2, 0) is 4.74 Å². The van der Waals surface area contributed by atoms with Crippen LogP contribution in [0.1, 0.15) is 39.5 Å². The average Bonchev–Trinajstić information content (AvgIpc) is 2.47. The van der Waals surface area contributed by atoms with Crippen LogP contribution >= 0.6 is 0 Å². The number of nitrogens with zero attached hydrogens (tertiary/aromatic N) is 2. The Morgan fingerprint density at radius 1 is 1.32 bits per heavy atom. The summed E-state index contributed by atoms with van der Waals surface area (Å²) in [5.74, 6) is 1.72. The zero-order chi connectivity index (χ0) is 13.7. The van der Waals surface area contributed by atoms with E-state index in [1.807, 2.05) is 13.1 Å². The topological polar surface area (TPSA) is 59.1 Å². The molecular formula is C14H24N4O. The first kappa shape index (κ1) is 14.1. The number of ether oxygens (including phenoxy) is 1. The third kappa shape index (κ3) is 3.35. The van der Waals surface area contributed by atoms with Gasteiger partial charge in [0.1, 0.15) is 18.0 Å². The smallest absolute Gasteiger partial charge is 0.131 e. The third-order valence-electron chi connectivity index (χ3n) is 4.06. The Morgan fingerprint density at radius 2 is 2.05 bits per heavy atom. The summed E-state index contributed by atoms with van der Waals surface area (Å²) in [7, 11) is 1.86. The number of anilines is 2. The Balaban J connectivity index is 2.02. The summed E-state index contributed by atoms with van der Waals surface area (Å²) < 4.78 is 5.99. The van der Waals surface area contributed by atoms with Gasteiger partial charge in [0.05, 0.1) is 5.60 Å². The first-order valence-electron chi connectivity index (χ1n) is 7.11. The molecule has 0 bridgehead atoms. The maximum absolute atomic E-state index is 5.99. The second kappa shape index (κ2) is 6.19. The fourth-order valence-electron chi connectivity index (χ4n) is 2.68. The van der Waals surface area contributed by atoms with Gasteiger partial charge in [-0.1, -0.05) is 13.8 Å². The highest BCUT2D eigenvalue weighted by Gasteiger charge is 2.34. The van der Waals surface area contributed by atoms with Crippen molar-refractivity contribution in [2.45, 2.75) is 51.2 Å².